The number of non-ortho nitro benzene ring substituents is 1. The standard InChI is InChI=1S/C24H18N4O3S/c29-22-13-15-32-24(18-5-10-20(11-6-18)28(30)31)27(22)19-8-3-16(4-9-19)21-12-7-17-2-1-14-25-23(17)26-21/h1-12,14,24H,13,15H2. The molecular formula is C24H18N4O3S. The molecule has 0 aliphatic carbocycles. The molecule has 3 heterocycles. The van der Waals surface area contributed by atoms with Crippen LogP contribution in [-0.4, -0.2) is 26.6 Å². The summed E-state index contributed by atoms with van der Waals surface area (Å²) in [6, 6.07) is 22.0. The molecule has 8 heteroatoms. The summed E-state index contributed by atoms with van der Waals surface area (Å²) in [6.45, 7) is 0. The van der Waals surface area contributed by atoms with Gasteiger partial charge in [-0.15, -0.1) is 11.8 Å². The lowest BCUT2D eigenvalue weighted by atomic mass is 10.1. The van der Waals surface area contributed by atoms with Crippen LogP contribution < -0.4 is 4.90 Å². The maximum atomic E-state index is 12.8. The van der Waals surface area contributed by atoms with Crippen molar-refractivity contribution >= 4 is 40.1 Å². The number of rotatable bonds is 4. The topological polar surface area (TPSA) is 89.2 Å². The Bertz CT molecular complexity index is 1310. The molecule has 0 spiro atoms. The van der Waals surface area contributed by atoms with Crippen molar-refractivity contribution in [2.24, 2.45) is 0 Å². The third-order valence-electron chi connectivity index (χ3n) is 5.39. The van der Waals surface area contributed by atoms with Gasteiger partial charge < -0.3 is 0 Å². The zero-order valence-corrected chi connectivity index (χ0v) is 17.7. The minimum Gasteiger partial charge on any atom is -0.296 e. The molecule has 2 aromatic carbocycles. The van der Waals surface area contributed by atoms with Gasteiger partial charge in [0.1, 0.15) is 5.37 Å². The average Bonchev–Trinajstić information content (AvgIpc) is 2.84. The molecule has 1 aliphatic heterocycles. The van der Waals surface area contributed by atoms with Gasteiger partial charge in [0.2, 0.25) is 5.91 Å². The number of pyridine rings is 2. The number of hydrogen-bond donors (Lipinski definition) is 0. The number of nitro benzene ring substituents is 1. The van der Waals surface area contributed by atoms with Crippen LogP contribution >= 0.6 is 11.8 Å². The second-order valence-corrected chi connectivity index (χ2v) is 8.57. The van der Waals surface area contributed by atoms with Gasteiger partial charge in [0.15, 0.2) is 5.65 Å². The van der Waals surface area contributed by atoms with Crippen LogP contribution in [0.2, 0.25) is 0 Å². The fourth-order valence-corrected chi connectivity index (χ4v) is 5.03. The number of anilines is 1. The van der Waals surface area contributed by atoms with Crippen LogP contribution in [-0.2, 0) is 4.79 Å². The normalized spacial score (nSPS) is 16.3. The summed E-state index contributed by atoms with van der Waals surface area (Å²) in [5.74, 6) is 0.746. The number of aromatic nitrogens is 2. The van der Waals surface area contributed by atoms with Crippen molar-refractivity contribution in [1.29, 1.82) is 0 Å². The summed E-state index contributed by atoms with van der Waals surface area (Å²) in [6.07, 6.45) is 2.17. The number of fused-ring (bicyclic) bond motifs is 1. The summed E-state index contributed by atoms with van der Waals surface area (Å²) >= 11 is 1.65. The van der Waals surface area contributed by atoms with E-state index in [0.29, 0.717) is 17.8 Å². The lowest BCUT2D eigenvalue weighted by molar-refractivity contribution is -0.384. The number of amides is 1. The summed E-state index contributed by atoms with van der Waals surface area (Å²) in [5, 5.41) is 11.7. The van der Waals surface area contributed by atoms with Gasteiger partial charge >= 0.3 is 0 Å². The van der Waals surface area contributed by atoms with Crippen LogP contribution in [0.4, 0.5) is 11.4 Å². The molecule has 1 unspecified atom stereocenters. The van der Waals surface area contributed by atoms with Gasteiger partial charge in [-0.2, -0.15) is 0 Å². The van der Waals surface area contributed by atoms with Gasteiger partial charge in [-0.1, -0.05) is 12.1 Å². The molecule has 1 atom stereocenters. The summed E-state index contributed by atoms with van der Waals surface area (Å²) in [5.41, 5.74) is 4.12. The molecule has 0 N–H and O–H groups in total. The van der Waals surface area contributed by atoms with Crippen LogP contribution in [0.1, 0.15) is 17.4 Å². The monoisotopic (exact) mass is 442 g/mol. The maximum absolute atomic E-state index is 12.8. The molecule has 5 rings (SSSR count). The summed E-state index contributed by atoms with van der Waals surface area (Å²) in [7, 11) is 0. The van der Waals surface area contributed by atoms with Crippen molar-refractivity contribution < 1.29 is 9.72 Å². The van der Waals surface area contributed by atoms with Gasteiger partial charge in [-0.3, -0.25) is 19.8 Å². The Morgan fingerprint density at radius 1 is 1.00 bits per heavy atom. The SMILES string of the molecule is O=C1CCSC(c2ccc([N+](=O)[O-])cc2)N1c1ccc(-c2ccc3cccnc3n2)cc1. The molecule has 1 amide bonds. The van der Waals surface area contributed by atoms with Crippen LogP contribution in [0, 0.1) is 10.1 Å². The third-order valence-corrected chi connectivity index (χ3v) is 6.63. The van der Waals surface area contributed by atoms with Crippen LogP contribution in [0.3, 0.4) is 0 Å². The minimum absolute atomic E-state index is 0.0351. The van der Waals surface area contributed by atoms with Crippen molar-refractivity contribution in [3.8, 4) is 11.3 Å². The Morgan fingerprint density at radius 2 is 1.78 bits per heavy atom. The molecule has 4 aromatic rings. The van der Waals surface area contributed by atoms with E-state index in [9.17, 15) is 14.9 Å². The highest BCUT2D eigenvalue weighted by atomic mass is 32.2. The fraction of sp³-hybridized carbons (Fsp3) is 0.125. The second-order valence-electron chi connectivity index (χ2n) is 7.38. The predicted molar refractivity (Wildman–Crippen MR) is 125 cm³/mol. The lowest BCUT2D eigenvalue weighted by Gasteiger charge is -2.35. The fourth-order valence-electron chi connectivity index (χ4n) is 3.78. The van der Waals surface area contributed by atoms with Crippen LogP contribution in [0.15, 0.2) is 79.0 Å². The van der Waals surface area contributed by atoms with Crippen LogP contribution in [0.5, 0.6) is 0 Å². The van der Waals surface area contributed by atoms with E-state index in [1.54, 1.807) is 35.0 Å². The van der Waals surface area contributed by atoms with Crippen molar-refractivity contribution in [2.75, 3.05) is 10.7 Å². The van der Waals surface area contributed by atoms with Gasteiger partial charge in [0, 0.05) is 47.1 Å². The first kappa shape index (κ1) is 20.1. The van der Waals surface area contributed by atoms with E-state index >= 15 is 0 Å². The predicted octanol–water partition coefficient (Wildman–Crippen LogP) is 5.37. The Kier molecular flexibility index (Phi) is 5.28. The molecule has 1 fully saturated rings. The molecule has 0 radical (unpaired) electrons. The van der Waals surface area contributed by atoms with E-state index in [4.69, 9.17) is 0 Å². The lowest BCUT2D eigenvalue weighted by Crippen LogP contribution is -2.37. The molecule has 0 saturated carbocycles. The first-order valence-corrected chi connectivity index (χ1v) is 11.2. The maximum Gasteiger partial charge on any atom is 0.269 e. The summed E-state index contributed by atoms with van der Waals surface area (Å²) in [4.78, 5) is 34.1. The van der Waals surface area contributed by atoms with Crippen molar-refractivity contribution in [1.82, 2.24) is 9.97 Å². The van der Waals surface area contributed by atoms with E-state index in [1.165, 1.54) is 12.1 Å². The first-order valence-electron chi connectivity index (χ1n) is 10.1. The molecule has 2 aromatic heterocycles. The average molecular weight is 443 g/mol. The molecular weight excluding hydrogens is 424 g/mol. The van der Waals surface area contributed by atoms with Crippen molar-refractivity contribution in [3.63, 3.8) is 0 Å². The number of thioether (sulfide) groups is 1. The Hall–Kier alpha value is -3.78. The van der Waals surface area contributed by atoms with Gasteiger partial charge in [-0.25, -0.2) is 9.97 Å². The van der Waals surface area contributed by atoms with E-state index < -0.39 is 4.92 Å². The number of benzene rings is 2. The minimum atomic E-state index is -0.421. The third kappa shape index (κ3) is 3.80. The molecule has 32 heavy (non-hydrogen) atoms. The Balaban J connectivity index is 1.46. The van der Waals surface area contributed by atoms with Gasteiger partial charge in [0.25, 0.3) is 5.69 Å². The van der Waals surface area contributed by atoms with Gasteiger partial charge in [0.05, 0.1) is 10.6 Å². The molecule has 1 saturated heterocycles. The first-order chi connectivity index (χ1) is 15.6. The molecule has 7 nitrogen and oxygen atoms in total. The molecule has 158 valence electrons. The van der Waals surface area contributed by atoms with Crippen LogP contribution in [0.25, 0.3) is 22.3 Å². The second kappa shape index (κ2) is 8.39. The van der Waals surface area contributed by atoms with Gasteiger partial charge in [-0.05, 0) is 54.1 Å². The number of nitrogens with zero attached hydrogens (tertiary/aromatic N) is 4. The highest BCUT2D eigenvalue weighted by molar-refractivity contribution is 7.99. The number of nitro groups is 1. The van der Waals surface area contributed by atoms with E-state index in [-0.39, 0.29) is 17.0 Å². The molecule has 1 aliphatic rings. The quantitative estimate of drug-likeness (QED) is 0.312. The smallest absolute Gasteiger partial charge is 0.269 e. The van der Waals surface area contributed by atoms with E-state index in [1.807, 2.05) is 48.5 Å². The number of hydrogen-bond acceptors (Lipinski definition) is 6. The van der Waals surface area contributed by atoms with Crippen molar-refractivity contribution in [3.05, 3.63) is 94.7 Å². The largest absolute Gasteiger partial charge is 0.296 e. The van der Waals surface area contributed by atoms with Crippen molar-refractivity contribution in [2.45, 2.75) is 11.8 Å². The Morgan fingerprint density at radius 3 is 2.53 bits per heavy atom. The Labute approximate surface area is 188 Å². The zero-order chi connectivity index (χ0) is 22.1. The zero-order valence-electron chi connectivity index (χ0n) is 16.9. The molecule has 0 bridgehead atoms. The number of carbonyl (C=O) groups excluding carboxylic acids is 1. The summed E-state index contributed by atoms with van der Waals surface area (Å²) < 4.78 is 0. The van der Waals surface area contributed by atoms with E-state index in [2.05, 4.69) is 9.97 Å². The highest BCUT2D eigenvalue weighted by Gasteiger charge is 2.31. The highest BCUT2D eigenvalue weighted by Crippen LogP contribution is 2.41. The number of carbonyl (C=O) groups is 1. The van der Waals surface area contributed by atoms with E-state index in [0.717, 1.165) is 27.9 Å².